The van der Waals surface area contributed by atoms with Crippen molar-refractivity contribution < 1.29 is 9.47 Å². The number of aryl methyl sites for hydroxylation is 2. The average Bonchev–Trinajstić information content (AvgIpc) is 2.44. The van der Waals surface area contributed by atoms with Gasteiger partial charge in [0.05, 0.1) is 0 Å². The van der Waals surface area contributed by atoms with Gasteiger partial charge in [-0.05, 0) is 60.4 Å². The van der Waals surface area contributed by atoms with Crippen molar-refractivity contribution in [1.82, 2.24) is 0 Å². The third-order valence-electron chi connectivity index (χ3n) is 2.99. The molecule has 0 radical (unpaired) electrons. The molecule has 2 aromatic carbocycles. The minimum Gasteiger partial charge on any atom is -0.388 e. The predicted octanol–water partition coefficient (Wildman–Crippen LogP) is 3.69. The summed E-state index contributed by atoms with van der Waals surface area (Å²) in [6.45, 7) is 3.77. The molecule has 0 saturated heterocycles. The largest absolute Gasteiger partial charge is 0.388 e. The standard InChI is InChI=1S/C16H12N2O2/c1-11-7-13(3-5-15(11)19-9-17)14-4-6-16(20-10-18)12(2)8-14/h3-8H,1-2H3. The van der Waals surface area contributed by atoms with Gasteiger partial charge in [-0.25, -0.2) is 0 Å². The van der Waals surface area contributed by atoms with E-state index < -0.39 is 0 Å². The van der Waals surface area contributed by atoms with Crippen LogP contribution in [0.4, 0.5) is 0 Å². The van der Waals surface area contributed by atoms with Crippen LogP contribution in [0.5, 0.6) is 11.5 Å². The Labute approximate surface area is 117 Å². The summed E-state index contributed by atoms with van der Waals surface area (Å²) in [7, 11) is 0. The average molecular weight is 264 g/mol. The second kappa shape index (κ2) is 5.77. The third-order valence-corrected chi connectivity index (χ3v) is 2.99. The molecule has 0 aliphatic rings. The van der Waals surface area contributed by atoms with Crippen molar-refractivity contribution in [3.63, 3.8) is 0 Å². The molecule has 0 spiro atoms. The molecule has 98 valence electrons. The van der Waals surface area contributed by atoms with Crippen LogP contribution >= 0.6 is 0 Å². The molecule has 0 fully saturated rings. The van der Waals surface area contributed by atoms with Crippen molar-refractivity contribution in [2.24, 2.45) is 0 Å². The fraction of sp³-hybridized carbons (Fsp3) is 0.125. The van der Waals surface area contributed by atoms with Crippen molar-refractivity contribution >= 4 is 0 Å². The van der Waals surface area contributed by atoms with Gasteiger partial charge in [0.25, 0.3) is 12.5 Å². The summed E-state index contributed by atoms with van der Waals surface area (Å²) in [6, 6.07) is 11.2. The highest BCUT2D eigenvalue weighted by Crippen LogP contribution is 2.29. The summed E-state index contributed by atoms with van der Waals surface area (Å²) < 4.78 is 9.70. The quantitative estimate of drug-likeness (QED) is 0.793. The number of hydrogen-bond donors (Lipinski definition) is 0. The Kier molecular flexibility index (Phi) is 3.88. The van der Waals surface area contributed by atoms with Gasteiger partial charge in [0.1, 0.15) is 11.5 Å². The van der Waals surface area contributed by atoms with Crippen molar-refractivity contribution in [2.45, 2.75) is 13.8 Å². The van der Waals surface area contributed by atoms with Gasteiger partial charge in [-0.3, -0.25) is 0 Å². The van der Waals surface area contributed by atoms with E-state index in [0.29, 0.717) is 11.5 Å². The second-order valence-electron chi connectivity index (χ2n) is 4.35. The Hall–Kier alpha value is -2.98. The number of rotatable bonds is 3. The van der Waals surface area contributed by atoms with Crippen LogP contribution in [0.15, 0.2) is 36.4 Å². The maximum absolute atomic E-state index is 8.54. The number of benzene rings is 2. The van der Waals surface area contributed by atoms with Crippen LogP contribution in [0.1, 0.15) is 11.1 Å². The molecule has 0 aliphatic carbocycles. The lowest BCUT2D eigenvalue weighted by Crippen LogP contribution is -1.89. The van der Waals surface area contributed by atoms with Gasteiger partial charge in [-0.1, -0.05) is 12.1 Å². The van der Waals surface area contributed by atoms with Crippen molar-refractivity contribution in [2.75, 3.05) is 0 Å². The Bertz CT molecular complexity index is 661. The first-order chi connectivity index (χ1) is 9.65. The highest BCUT2D eigenvalue weighted by Gasteiger charge is 2.06. The van der Waals surface area contributed by atoms with E-state index in [4.69, 9.17) is 20.0 Å². The zero-order valence-electron chi connectivity index (χ0n) is 11.2. The molecule has 2 rings (SSSR count). The van der Waals surface area contributed by atoms with Gasteiger partial charge in [-0.15, -0.1) is 10.5 Å². The monoisotopic (exact) mass is 264 g/mol. The third kappa shape index (κ3) is 2.71. The van der Waals surface area contributed by atoms with Gasteiger partial charge in [0, 0.05) is 0 Å². The van der Waals surface area contributed by atoms with Gasteiger partial charge in [0.15, 0.2) is 0 Å². The van der Waals surface area contributed by atoms with Crippen LogP contribution in [0.25, 0.3) is 11.1 Å². The maximum Gasteiger partial charge on any atom is 0.292 e. The topological polar surface area (TPSA) is 66.0 Å². The van der Waals surface area contributed by atoms with Crippen LogP contribution in [0, 0.1) is 36.9 Å². The summed E-state index contributed by atoms with van der Waals surface area (Å²) in [5, 5.41) is 17.1. The molecule has 0 N–H and O–H groups in total. The lowest BCUT2D eigenvalue weighted by molar-refractivity contribution is 0.502. The Morgan fingerprint density at radius 1 is 0.750 bits per heavy atom. The fourth-order valence-electron chi connectivity index (χ4n) is 1.99. The Morgan fingerprint density at radius 3 is 1.45 bits per heavy atom. The molecular weight excluding hydrogens is 252 g/mol. The molecule has 0 atom stereocenters. The van der Waals surface area contributed by atoms with Crippen molar-refractivity contribution in [1.29, 1.82) is 10.5 Å². The predicted molar refractivity (Wildman–Crippen MR) is 73.8 cm³/mol. The van der Waals surface area contributed by atoms with E-state index in [9.17, 15) is 0 Å². The molecule has 2 aromatic rings. The summed E-state index contributed by atoms with van der Waals surface area (Å²) >= 11 is 0. The Balaban J connectivity index is 2.38. The number of hydrogen-bond acceptors (Lipinski definition) is 4. The summed E-state index contributed by atoms with van der Waals surface area (Å²) in [6.07, 6.45) is 3.34. The molecule has 0 amide bonds. The smallest absolute Gasteiger partial charge is 0.292 e. The van der Waals surface area contributed by atoms with Gasteiger partial charge in [0.2, 0.25) is 0 Å². The molecule has 4 heteroatoms. The highest BCUT2D eigenvalue weighted by atomic mass is 16.5. The molecule has 0 aromatic heterocycles. The molecule has 0 bridgehead atoms. The summed E-state index contributed by atoms with van der Waals surface area (Å²) in [5.41, 5.74) is 3.80. The maximum atomic E-state index is 8.54. The minimum absolute atomic E-state index is 0.553. The highest BCUT2D eigenvalue weighted by molar-refractivity contribution is 5.67. The molecule has 20 heavy (non-hydrogen) atoms. The van der Waals surface area contributed by atoms with Crippen LogP contribution in [-0.2, 0) is 0 Å². The normalized spacial score (nSPS) is 9.40. The van der Waals surface area contributed by atoms with E-state index in [1.54, 1.807) is 24.6 Å². The van der Waals surface area contributed by atoms with Crippen LogP contribution in [0.2, 0.25) is 0 Å². The van der Waals surface area contributed by atoms with Gasteiger partial charge >= 0.3 is 0 Å². The molecule has 0 aliphatic heterocycles. The van der Waals surface area contributed by atoms with Crippen LogP contribution < -0.4 is 9.47 Å². The van der Waals surface area contributed by atoms with E-state index in [1.807, 2.05) is 38.1 Å². The van der Waals surface area contributed by atoms with E-state index >= 15 is 0 Å². The van der Waals surface area contributed by atoms with Crippen LogP contribution in [0.3, 0.4) is 0 Å². The molecule has 0 unspecified atom stereocenters. The fourth-order valence-corrected chi connectivity index (χ4v) is 1.99. The minimum atomic E-state index is 0.553. The van der Waals surface area contributed by atoms with E-state index in [2.05, 4.69) is 0 Å². The summed E-state index contributed by atoms with van der Waals surface area (Å²) in [5.74, 6) is 1.11. The Morgan fingerprint density at radius 2 is 1.15 bits per heavy atom. The van der Waals surface area contributed by atoms with Crippen molar-refractivity contribution in [3.8, 4) is 35.1 Å². The molecule has 0 heterocycles. The number of nitrogens with zero attached hydrogens (tertiary/aromatic N) is 2. The first-order valence-electron chi connectivity index (χ1n) is 5.99. The molecule has 4 nitrogen and oxygen atoms in total. The van der Waals surface area contributed by atoms with Gasteiger partial charge < -0.3 is 9.47 Å². The first kappa shape index (κ1) is 13.5. The first-order valence-corrected chi connectivity index (χ1v) is 5.99. The number of nitriles is 2. The van der Waals surface area contributed by atoms with E-state index in [0.717, 1.165) is 22.3 Å². The lowest BCUT2D eigenvalue weighted by Gasteiger charge is -2.08. The lowest BCUT2D eigenvalue weighted by atomic mass is 10.0. The van der Waals surface area contributed by atoms with Crippen molar-refractivity contribution in [3.05, 3.63) is 47.5 Å². The van der Waals surface area contributed by atoms with Crippen LogP contribution in [-0.4, -0.2) is 0 Å². The second-order valence-corrected chi connectivity index (χ2v) is 4.35. The SMILES string of the molecule is Cc1cc(-c2ccc(OC#N)c(C)c2)ccc1OC#N. The van der Waals surface area contributed by atoms with Gasteiger partial charge in [-0.2, -0.15) is 0 Å². The molecular formula is C16H12N2O2. The molecule has 0 saturated carbocycles. The summed E-state index contributed by atoms with van der Waals surface area (Å²) in [4.78, 5) is 0. The van der Waals surface area contributed by atoms with E-state index in [1.165, 1.54) is 0 Å². The van der Waals surface area contributed by atoms with E-state index in [-0.39, 0.29) is 0 Å². The zero-order chi connectivity index (χ0) is 14.5. The number of ether oxygens (including phenoxy) is 2. The zero-order valence-corrected chi connectivity index (χ0v) is 11.2.